The molecule has 0 saturated heterocycles. The topological polar surface area (TPSA) is 88.4 Å². The smallest absolute Gasteiger partial charge is 0.394 e. The van der Waals surface area contributed by atoms with Gasteiger partial charge in [-0.15, -0.1) is 0 Å². The molecule has 0 aliphatic rings. The fourth-order valence-electron chi connectivity index (χ4n) is 1.32. The Kier molecular flexibility index (Phi) is 8.11. The molecular formula is C9H22O6Si. The Bertz CT molecular complexity index is 162. The summed E-state index contributed by atoms with van der Waals surface area (Å²) in [5.74, 6) is 0. The summed E-state index contributed by atoms with van der Waals surface area (Å²) in [6.07, 6.45) is -1.32. The average Bonchev–Trinajstić information content (AvgIpc) is 2.28. The highest BCUT2D eigenvalue weighted by atomic mass is 28.4. The van der Waals surface area contributed by atoms with Crippen molar-refractivity contribution in [3.05, 3.63) is 0 Å². The highest BCUT2D eigenvalue weighted by Crippen LogP contribution is 2.17. The Balaban J connectivity index is 4.82. The molecule has 0 heterocycles. The monoisotopic (exact) mass is 254 g/mol. The molecule has 6 nitrogen and oxygen atoms in total. The standard InChI is InChI=1S/C9H22O6Si/c1-4-13-16(14-5-2,15-6-3)9(12)8(11)7-10/h8-12H,4-7H2,1-3H3. The molecule has 0 aromatic rings. The summed E-state index contributed by atoms with van der Waals surface area (Å²) in [6.45, 7) is 5.60. The molecule has 0 aromatic carbocycles. The van der Waals surface area contributed by atoms with Crippen LogP contribution < -0.4 is 0 Å². The lowest BCUT2D eigenvalue weighted by atomic mass is 10.4. The van der Waals surface area contributed by atoms with E-state index in [9.17, 15) is 10.2 Å². The van der Waals surface area contributed by atoms with Gasteiger partial charge in [-0.3, -0.25) is 0 Å². The van der Waals surface area contributed by atoms with Gasteiger partial charge in [0.1, 0.15) is 6.10 Å². The van der Waals surface area contributed by atoms with E-state index in [1.165, 1.54) is 0 Å². The van der Waals surface area contributed by atoms with Crippen LogP contribution in [0.15, 0.2) is 0 Å². The summed E-state index contributed by atoms with van der Waals surface area (Å²) >= 11 is 0. The maximum atomic E-state index is 9.90. The summed E-state index contributed by atoms with van der Waals surface area (Å²) in [5, 5.41) is 28.2. The van der Waals surface area contributed by atoms with Crippen molar-refractivity contribution in [1.82, 2.24) is 0 Å². The van der Waals surface area contributed by atoms with Crippen LogP contribution in [0.2, 0.25) is 0 Å². The van der Waals surface area contributed by atoms with Gasteiger partial charge in [0.2, 0.25) is 0 Å². The van der Waals surface area contributed by atoms with Gasteiger partial charge in [-0.25, -0.2) is 0 Å². The van der Waals surface area contributed by atoms with Crippen molar-refractivity contribution in [3.63, 3.8) is 0 Å². The molecule has 0 fully saturated rings. The molecule has 0 saturated carbocycles. The molecule has 98 valence electrons. The second kappa shape index (κ2) is 8.12. The van der Waals surface area contributed by atoms with Gasteiger partial charge in [0.05, 0.1) is 6.61 Å². The molecule has 0 spiro atoms. The van der Waals surface area contributed by atoms with Crippen molar-refractivity contribution in [2.45, 2.75) is 32.6 Å². The summed E-state index contributed by atoms with van der Waals surface area (Å²) in [5.41, 5.74) is -1.34. The number of hydrogen-bond donors (Lipinski definition) is 3. The third-order valence-corrected chi connectivity index (χ3v) is 5.13. The van der Waals surface area contributed by atoms with Crippen molar-refractivity contribution >= 4 is 8.80 Å². The Morgan fingerprint density at radius 2 is 1.31 bits per heavy atom. The van der Waals surface area contributed by atoms with E-state index in [1.807, 2.05) is 0 Å². The van der Waals surface area contributed by atoms with E-state index in [2.05, 4.69) is 0 Å². The molecule has 0 rings (SSSR count). The highest BCUT2D eigenvalue weighted by molar-refractivity contribution is 6.62. The lowest BCUT2D eigenvalue weighted by Crippen LogP contribution is -2.61. The minimum absolute atomic E-state index is 0.307. The quantitative estimate of drug-likeness (QED) is 0.471. The van der Waals surface area contributed by atoms with Crippen LogP contribution in [0.4, 0.5) is 0 Å². The Morgan fingerprint density at radius 1 is 0.938 bits per heavy atom. The fraction of sp³-hybridized carbons (Fsp3) is 1.00. The van der Waals surface area contributed by atoms with Crippen molar-refractivity contribution in [1.29, 1.82) is 0 Å². The van der Waals surface area contributed by atoms with E-state index in [1.54, 1.807) is 20.8 Å². The summed E-state index contributed by atoms with van der Waals surface area (Å²) < 4.78 is 16.1. The predicted octanol–water partition coefficient (Wildman–Crippen LogP) is -0.712. The largest absolute Gasteiger partial charge is 0.533 e. The summed E-state index contributed by atoms with van der Waals surface area (Å²) in [7, 11) is -3.34. The number of aliphatic hydroxyl groups is 3. The highest BCUT2D eigenvalue weighted by Gasteiger charge is 2.52. The maximum absolute atomic E-state index is 9.90. The normalized spacial score (nSPS) is 16.1. The molecule has 2 atom stereocenters. The van der Waals surface area contributed by atoms with Crippen molar-refractivity contribution in [2.24, 2.45) is 0 Å². The first-order chi connectivity index (χ1) is 7.57. The van der Waals surface area contributed by atoms with E-state index < -0.39 is 27.2 Å². The molecule has 0 bridgehead atoms. The van der Waals surface area contributed by atoms with Crippen LogP contribution in [0.25, 0.3) is 0 Å². The first-order valence-electron chi connectivity index (χ1n) is 5.46. The fourth-order valence-corrected chi connectivity index (χ4v) is 3.87. The van der Waals surface area contributed by atoms with Crippen LogP contribution in [-0.2, 0) is 13.3 Å². The lowest BCUT2D eigenvalue weighted by Gasteiger charge is -2.33. The van der Waals surface area contributed by atoms with Crippen molar-refractivity contribution < 1.29 is 28.6 Å². The Morgan fingerprint density at radius 3 is 1.56 bits per heavy atom. The molecule has 0 aromatic heterocycles. The van der Waals surface area contributed by atoms with E-state index in [0.29, 0.717) is 19.8 Å². The summed E-state index contributed by atoms with van der Waals surface area (Å²) in [6, 6.07) is 0. The van der Waals surface area contributed by atoms with Gasteiger partial charge in [0, 0.05) is 19.8 Å². The van der Waals surface area contributed by atoms with Crippen LogP contribution in [0.3, 0.4) is 0 Å². The zero-order valence-corrected chi connectivity index (χ0v) is 11.0. The van der Waals surface area contributed by atoms with Gasteiger partial charge in [-0.1, -0.05) is 0 Å². The van der Waals surface area contributed by atoms with Gasteiger partial charge in [0.25, 0.3) is 0 Å². The minimum atomic E-state index is -3.34. The minimum Gasteiger partial charge on any atom is -0.394 e. The van der Waals surface area contributed by atoms with Gasteiger partial charge in [0.15, 0.2) is 5.73 Å². The average molecular weight is 254 g/mol. The number of rotatable bonds is 9. The first-order valence-corrected chi connectivity index (χ1v) is 7.26. The lowest BCUT2D eigenvalue weighted by molar-refractivity contribution is -0.0420. The molecule has 3 N–H and O–H groups in total. The third kappa shape index (κ3) is 4.09. The van der Waals surface area contributed by atoms with E-state index in [-0.39, 0.29) is 0 Å². The predicted molar refractivity (Wildman–Crippen MR) is 59.7 cm³/mol. The SMILES string of the molecule is CCO[Si](OCC)(OCC)C(O)C(O)CO. The van der Waals surface area contributed by atoms with Gasteiger partial charge in [-0.05, 0) is 20.8 Å². The van der Waals surface area contributed by atoms with Crippen LogP contribution >= 0.6 is 0 Å². The Hall–Kier alpha value is -0.0231. The van der Waals surface area contributed by atoms with Gasteiger partial charge < -0.3 is 28.6 Å². The van der Waals surface area contributed by atoms with E-state index in [0.717, 1.165) is 0 Å². The molecule has 16 heavy (non-hydrogen) atoms. The molecule has 0 amide bonds. The van der Waals surface area contributed by atoms with Gasteiger partial charge >= 0.3 is 8.80 Å². The van der Waals surface area contributed by atoms with Crippen molar-refractivity contribution in [3.8, 4) is 0 Å². The van der Waals surface area contributed by atoms with E-state index >= 15 is 0 Å². The van der Waals surface area contributed by atoms with Crippen LogP contribution in [0.5, 0.6) is 0 Å². The molecule has 2 unspecified atom stereocenters. The van der Waals surface area contributed by atoms with Crippen LogP contribution in [0, 0.1) is 0 Å². The molecular weight excluding hydrogens is 232 g/mol. The number of hydrogen-bond acceptors (Lipinski definition) is 6. The van der Waals surface area contributed by atoms with Crippen LogP contribution in [-0.4, -0.2) is 62.4 Å². The first kappa shape index (κ1) is 16.0. The molecule has 0 aliphatic heterocycles. The maximum Gasteiger partial charge on any atom is 0.533 e. The Labute approximate surface area is 97.1 Å². The van der Waals surface area contributed by atoms with Gasteiger partial charge in [-0.2, -0.15) is 0 Å². The second-order valence-corrected chi connectivity index (χ2v) is 5.76. The molecule has 7 heteroatoms. The summed E-state index contributed by atoms with van der Waals surface area (Å²) in [4.78, 5) is 0. The number of aliphatic hydroxyl groups excluding tert-OH is 3. The zero-order chi connectivity index (χ0) is 12.6. The van der Waals surface area contributed by atoms with Crippen LogP contribution in [0.1, 0.15) is 20.8 Å². The van der Waals surface area contributed by atoms with E-state index in [4.69, 9.17) is 18.4 Å². The van der Waals surface area contributed by atoms with Crippen molar-refractivity contribution in [2.75, 3.05) is 26.4 Å². The third-order valence-electron chi connectivity index (χ3n) is 1.95. The zero-order valence-electron chi connectivity index (χ0n) is 10.0. The second-order valence-electron chi connectivity index (χ2n) is 3.10. The molecule has 0 radical (unpaired) electrons. The molecule has 0 aliphatic carbocycles.